The summed E-state index contributed by atoms with van der Waals surface area (Å²) in [5.74, 6) is 1.68. The van der Waals surface area contributed by atoms with E-state index < -0.39 is 0 Å². The highest BCUT2D eigenvalue weighted by molar-refractivity contribution is 4.91. The van der Waals surface area contributed by atoms with Crippen molar-refractivity contribution in [1.29, 1.82) is 0 Å². The van der Waals surface area contributed by atoms with Gasteiger partial charge in [-0.15, -0.1) is 0 Å². The number of nitrogens with zero attached hydrogens (tertiary/aromatic N) is 1. The zero-order valence-corrected chi connectivity index (χ0v) is 14.0. The van der Waals surface area contributed by atoms with E-state index >= 15 is 0 Å². The molecule has 122 valence electrons. The number of hydrogen-bond donors (Lipinski definition) is 1. The maximum absolute atomic E-state index is 5.78. The molecule has 2 heterocycles. The van der Waals surface area contributed by atoms with Crippen LogP contribution < -0.4 is 5.32 Å². The molecule has 0 aromatic heterocycles. The van der Waals surface area contributed by atoms with Crippen LogP contribution in [0.25, 0.3) is 0 Å². The fourth-order valence-electron chi connectivity index (χ4n) is 4.68. The average Bonchev–Trinajstić information content (AvgIpc) is 2.93. The van der Waals surface area contributed by atoms with Crippen molar-refractivity contribution in [2.24, 2.45) is 11.8 Å². The van der Waals surface area contributed by atoms with Crippen LogP contribution in [-0.2, 0) is 4.74 Å². The SMILES string of the molecule is CCC1CNC(C2CCCCC2)CN1CC1CCOC1C. The van der Waals surface area contributed by atoms with Gasteiger partial charge in [0.15, 0.2) is 0 Å². The standard InChI is InChI=1S/C18H34N2O/c1-3-17-11-19-18(15-7-5-4-6-8-15)13-20(17)12-16-9-10-21-14(16)2/h14-19H,3-13H2,1-2H3. The summed E-state index contributed by atoms with van der Waals surface area (Å²) in [6.07, 6.45) is 10.3. The maximum atomic E-state index is 5.78. The highest BCUT2D eigenvalue weighted by atomic mass is 16.5. The third kappa shape index (κ3) is 3.80. The minimum absolute atomic E-state index is 0.463. The van der Waals surface area contributed by atoms with Gasteiger partial charge >= 0.3 is 0 Å². The summed E-state index contributed by atoms with van der Waals surface area (Å²) in [5, 5.41) is 3.88. The van der Waals surface area contributed by atoms with Crippen molar-refractivity contribution in [3.05, 3.63) is 0 Å². The number of ether oxygens (including phenoxy) is 1. The van der Waals surface area contributed by atoms with E-state index in [9.17, 15) is 0 Å². The molecule has 0 aromatic rings. The van der Waals surface area contributed by atoms with Crippen molar-refractivity contribution in [1.82, 2.24) is 10.2 Å². The quantitative estimate of drug-likeness (QED) is 0.862. The monoisotopic (exact) mass is 294 g/mol. The molecule has 0 bridgehead atoms. The van der Waals surface area contributed by atoms with Crippen LogP contribution in [0.2, 0.25) is 0 Å². The van der Waals surface area contributed by atoms with Crippen LogP contribution in [0.4, 0.5) is 0 Å². The second-order valence-corrected chi connectivity index (χ2v) is 7.55. The van der Waals surface area contributed by atoms with Crippen molar-refractivity contribution in [3.8, 4) is 0 Å². The van der Waals surface area contributed by atoms with Crippen molar-refractivity contribution >= 4 is 0 Å². The lowest BCUT2D eigenvalue weighted by atomic mass is 9.82. The van der Waals surface area contributed by atoms with Crippen LogP contribution in [-0.4, -0.2) is 49.3 Å². The van der Waals surface area contributed by atoms with E-state index in [0.717, 1.165) is 30.5 Å². The molecule has 0 spiro atoms. The lowest BCUT2D eigenvalue weighted by Crippen LogP contribution is -2.59. The Bertz CT molecular complexity index is 316. The summed E-state index contributed by atoms with van der Waals surface area (Å²) in [6, 6.07) is 1.48. The zero-order valence-electron chi connectivity index (χ0n) is 14.0. The summed E-state index contributed by atoms with van der Waals surface area (Å²) < 4.78 is 5.78. The first-order valence-corrected chi connectivity index (χ1v) is 9.37. The molecular formula is C18H34N2O. The molecule has 1 aliphatic carbocycles. The topological polar surface area (TPSA) is 24.5 Å². The van der Waals surface area contributed by atoms with Gasteiger partial charge in [-0.3, -0.25) is 4.90 Å². The van der Waals surface area contributed by atoms with Crippen LogP contribution >= 0.6 is 0 Å². The van der Waals surface area contributed by atoms with Gasteiger partial charge in [0.1, 0.15) is 0 Å². The summed E-state index contributed by atoms with van der Waals surface area (Å²) in [7, 11) is 0. The van der Waals surface area contributed by atoms with E-state index in [1.807, 2.05) is 0 Å². The summed E-state index contributed by atoms with van der Waals surface area (Å²) in [6.45, 7) is 9.30. The second kappa shape index (κ2) is 7.43. The highest BCUT2D eigenvalue weighted by Crippen LogP contribution is 2.30. The van der Waals surface area contributed by atoms with E-state index in [4.69, 9.17) is 4.74 Å². The van der Waals surface area contributed by atoms with Crippen LogP contribution in [0.5, 0.6) is 0 Å². The third-order valence-electron chi connectivity index (χ3n) is 6.26. The van der Waals surface area contributed by atoms with Gasteiger partial charge in [0.25, 0.3) is 0 Å². The molecule has 21 heavy (non-hydrogen) atoms. The predicted molar refractivity (Wildman–Crippen MR) is 87.5 cm³/mol. The van der Waals surface area contributed by atoms with Crippen LogP contribution in [0.15, 0.2) is 0 Å². The van der Waals surface area contributed by atoms with Gasteiger partial charge in [-0.05, 0) is 44.4 Å². The number of rotatable bonds is 4. The van der Waals surface area contributed by atoms with Crippen molar-refractivity contribution in [3.63, 3.8) is 0 Å². The number of hydrogen-bond acceptors (Lipinski definition) is 3. The fourth-order valence-corrected chi connectivity index (χ4v) is 4.68. The summed E-state index contributed by atoms with van der Waals surface area (Å²) >= 11 is 0. The van der Waals surface area contributed by atoms with E-state index in [1.165, 1.54) is 64.6 Å². The predicted octanol–water partition coefficient (Wildman–Crippen LogP) is 3.04. The molecule has 1 N–H and O–H groups in total. The summed E-state index contributed by atoms with van der Waals surface area (Å²) in [5.41, 5.74) is 0. The third-order valence-corrected chi connectivity index (χ3v) is 6.26. The Morgan fingerprint density at radius 2 is 1.95 bits per heavy atom. The van der Waals surface area contributed by atoms with E-state index in [1.54, 1.807) is 0 Å². The highest BCUT2D eigenvalue weighted by Gasteiger charge is 2.35. The van der Waals surface area contributed by atoms with Crippen molar-refractivity contribution < 1.29 is 4.74 Å². The molecule has 0 radical (unpaired) electrons. The van der Waals surface area contributed by atoms with Crippen molar-refractivity contribution in [2.45, 2.75) is 77.0 Å². The molecule has 2 saturated heterocycles. The molecule has 4 atom stereocenters. The molecule has 0 aromatic carbocycles. The van der Waals surface area contributed by atoms with E-state index in [-0.39, 0.29) is 0 Å². The van der Waals surface area contributed by atoms with Gasteiger partial charge in [0.2, 0.25) is 0 Å². The lowest BCUT2D eigenvalue weighted by Gasteiger charge is -2.45. The van der Waals surface area contributed by atoms with Gasteiger partial charge < -0.3 is 10.1 Å². The molecule has 3 nitrogen and oxygen atoms in total. The molecule has 4 unspecified atom stereocenters. The Morgan fingerprint density at radius 3 is 2.62 bits per heavy atom. The molecule has 2 aliphatic heterocycles. The van der Waals surface area contributed by atoms with Gasteiger partial charge in [0, 0.05) is 38.3 Å². The van der Waals surface area contributed by atoms with Gasteiger partial charge in [-0.25, -0.2) is 0 Å². The van der Waals surface area contributed by atoms with Crippen molar-refractivity contribution in [2.75, 3.05) is 26.2 Å². The first kappa shape index (κ1) is 15.8. The van der Waals surface area contributed by atoms with E-state index in [2.05, 4.69) is 24.1 Å². The Hall–Kier alpha value is -0.120. The molecule has 0 amide bonds. The molecule has 1 saturated carbocycles. The Kier molecular flexibility index (Phi) is 5.58. The summed E-state index contributed by atoms with van der Waals surface area (Å²) in [4.78, 5) is 2.80. The first-order valence-electron chi connectivity index (χ1n) is 9.37. The van der Waals surface area contributed by atoms with Crippen LogP contribution in [0, 0.1) is 11.8 Å². The Balaban J connectivity index is 1.58. The van der Waals surface area contributed by atoms with E-state index in [0.29, 0.717) is 6.10 Å². The second-order valence-electron chi connectivity index (χ2n) is 7.55. The minimum atomic E-state index is 0.463. The largest absolute Gasteiger partial charge is 0.378 e. The Morgan fingerprint density at radius 1 is 1.14 bits per heavy atom. The number of piperazine rings is 1. The molecule has 3 rings (SSSR count). The van der Waals surface area contributed by atoms with Crippen LogP contribution in [0.3, 0.4) is 0 Å². The first-order chi connectivity index (χ1) is 10.3. The smallest absolute Gasteiger partial charge is 0.0588 e. The Labute approximate surface area is 130 Å². The van der Waals surface area contributed by atoms with Gasteiger partial charge in [-0.1, -0.05) is 26.2 Å². The van der Waals surface area contributed by atoms with Crippen LogP contribution in [0.1, 0.15) is 58.8 Å². The minimum Gasteiger partial charge on any atom is -0.378 e. The van der Waals surface area contributed by atoms with Gasteiger partial charge in [-0.2, -0.15) is 0 Å². The zero-order chi connectivity index (χ0) is 14.7. The fraction of sp³-hybridized carbons (Fsp3) is 1.00. The molecular weight excluding hydrogens is 260 g/mol. The maximum Gasteiger partial charge on any atom is 0.0588 e. The normalized spacial score (nSPS) is 39.7. The lowest BCUT2D eigenvalue weighted by molar-refractivity contribution is 0.0539. The molecule has 3 fully saturated rings. The van der Waals surface area contributed by atoms with Gasteiger partial charge in [0.05, 0.1) is 6.10 Å². The number of nitrogens with one attached hydrogen (secondary N) is 1. The average molecular weight is 294 g/mol. The molecule has 3 heteroatoms. The molecule has 3 aliphatic rings.